The van der Waals surface area contributed by atoms with Crippen LogP contribution in [-0.2, 0) is 4.84 Å². The van der Waals surface area contributed by atoms with Crippen molar-refractivity contribution < 1.29 is 14.3 Å². The molecule has 0 atom stereocenters. The average molecular weight is 342 g/mol. The Kier molecular flexibility index (Phi) is 6.02. The summed E-state index contributed by atoms with van der Waals surface area (Å²) in [7, 11) is 3.22. The Morgan fingerprint density at radius 2 is 1.68 bits per heavy atom. The fourth-order valence-corrected chi connectivity index (χ4v) is 2.81. The normalized spacial score (nSPS) is 11.4. The zero-order valence-corrected chi connectivity index (χ0v) is 16.1. The number of aromatic nitrogens is 1. The second-order valence-corrected chi connectivity index (χ2v) is 6.01. The van der Waals surface area contributed by atoms with Crippen molar-refractivity contribution in [1.29, 1.82) is 0 Å². The van der Waals surface area contributed by atoms with Crippen LogP contribution in [0.2, 0.25) is 0 Å². The lowest BCUT2D eigenvalue weighted by atomic mass is 10.0. The van der Waals surface area contributed by atoms with Gasteiger partial charge in [0.15, 0.2) is 0 Å². The van der Waals surface area contributed by atoms with Crippen LogP contribution < -0.4 is 9.47 Å². The minimum Gasteiger partial charge on any atom is -0.497 e. The second kappa shape index (κ2) is 8.01. The van der Waals surface area contributed by atoms with E-state index in [-0.39, 0.29) is 0 Å². The highest BCUT2D eigenvalue weighted by Gasteiger charge is 2.16. The first-order chi connectivity index (χ1) is 11.9. The molecule has 0 saturated carbocycles. The van der Waals surface area contributed by atoms with E-state index in [4.69, 9.17) is 14.3 Å². The lowest BCUT2D eigenvalue weighted by molar-refractivity contribution is 0.213. The Morgan fingerprint density at radius 1 is 1.04 bits per heavy atom. The number of ether oxygens (including phenoxy) is 2. The molecule has 1 aromatic heterocycles. The van der Waals surface area contributed by atoms with Crippen LogP contribution in [-0.4, -0.2) is 24.9 Å². The molecule has 0 spiro atoms. The molecule has 0 N–H and O–H groups in total. The van der Waals surface area contributed by atoms with Crippen LogP contribution in [0.1, 0.15) is 41.3 Å². The maximum atomic E-state index is 6.20. The number of oxime groups is 1. The van der Waals surface area contributed by atoms with Crippen LogP contribution in [0.4, 0.5) is 0 Å². The summed E-state index contributed by atoms with van der Waals surface area (Å²) in [5.74, 6) is 2.20. The third-order valence-electron chi connectivity index (χ3n) is 4.07. The van der Waals surface area contributed by atoms with Crippen LogP contribution in [0.25, 0.3) is 0 Å². The Labute approximate surface area is 149 Å². The molecule has 1 aromatic carbocycles. The van der Waals surface area contributed by atoms with Crippen molar-refractivity contribution in [2.24, 2.45) is 5.16 Å². The van der Waals surface area contributed by atoms with E-state index in [0.29, 0.717) is 5.88 Å². The highest BCUT2D eigenvalue weighted by molar-refractivity contribution is 6.01. The van der Waals surface area contributed by atoms with Gasteiger partial charge in [-0.15, -0.1) is 0 Å². The summed E-state index contributed by atoms with van der Waals surface area (Å²) in [6.45, 7) is 9.99. The maximum Gasteiger partial charge on any atom is 0.223 e. The van der Waals surface area contributed by atoms with Gasteiger partial charge in [0.05, 0.1) is 12.8 Å². The number of hydrogen-bond donors (Lipinski definition) is 0. The Bertz CT molecular complexity index is 775. The molecule has 0 unspecified atom stereocenters. The average Bonchev–Trinajstić information content (AvgIpc) is 2.58. The monoisotopic (exact) mass is 342 g/mol. The largest absolute Gasteiger partial charge is 0.497 e. The molecule has 0 aliphatic carbocycles. The van der Waals surface area contributed by atoms with E-state index in [1.54, 1.807) is 14.2 Å². The Hall–Kier alpha value is -2.56. The number of methoxy groups -OCH3 is 1. The number of pyridine rings is 1. The molecule has 2 rings (SSSR count). The number of nitrogens with zero attached hydrogens (tertiary/aromatic N) is 2. The van der Waals surface area contributed by atoms with Crippen molar-refractivity contribution in [1.82, 2.24) is 4.98 Å². The summed E-state index contributed by atoms with van der Waals surface area (Å²) in [5, 5.41) is 4.14. The first-order valence-corrected chi connectivity index (χ1v) is 8.32. The summed E-state index contributed by atoms with van der Waals surface area (Å²) >= 11 is 0. The van der Waals surface area contributed by atoms with Gasteiger partial charge in [-0.25, -0.2) is 4.98 Å². The van der Waals surface area contributed by atoms with Gasteiger partial charge in [-0.1, -0.05) is 12.1 Å². The van der Waals surface area contributed by atoms with Crippen LogP contribution in [0.3, 0.4) is 0 Å². The molecule has 0 bridgehead atoms. The number of rotatable bonds is 6. The van der Waals surface area contributed by atoms with Crippen molar-refractivity contribution in [2.45, 2.75) is 41.0 Å². The van der Waals surface area contributed by atoms with Gasteiger partial charge in [0.25, 0.3) is 0 Å². The fourth-order valence-electron chi connectivity index (χ4n) is 2.81. The third kappa shape index (κ3) is 4.10. The molecule has 0 radical (unpaired) electrons. The van der Waals surface area contributed by atoms with Crippen LogP contribution in [0.15, 0.2) is 23.4 Å². The molecule has 1 heterocycles. The van der Waals surface area contributed by atoms with E-state index in [2.05, 4.69) is 10.1 Å². The van der Waals surface area contributed by atoms with Crippen LogP contribution in [0.5, 0.6) is 17.4 Å². The predicted molar refractivity (Wildman–Crippen MR) is 100 cm³/mol. The minimum atomic E-state index is 0.587. The number of benzene rings is 1. The molecule has 0 aliphatic rings. The molecule has 25 heavy (non-hydrogen) atoms. The molecule has 2 aromatic rings. The second-order valence-electron chi connectivity index (χ2n) is 6.01. The molecule has 5 heteroatoms. The van der Waals surface area contributed by atoms with E-state index in [9.17, 15) is 0 Å². The Balaban J connectivity index is 2.51. The van der Waals surface area contributed by atoms with Crippen LogP contribution in [0, 0.1) is 27.7 Å². The van der Waals surface area contributed by atoms with Gasteiger partial charge >= 0.3 is 0 Å². The molecule has 134 valence electrons. The molecule has 0 amide bonds. The van der Waals surface area contributed by atoms with E-state index >= 15 is 0 Å². The fraction of sp³-hybridized carbons (Fsp3) is 0.400. The summed E-state index contributed by atoms with van der Waals surface area (Å²) in [6.07, 6.45) is 0.762. The minimum absolute atomic E-state index is 0.587. The standard InChI is InChI=1S/C20H26N2O3/c1-8-18(22-24-7)17-11-14(4)21-20(15(17)5)25-19-12(2)9-16(23-6)10-13(19)3/h9-11H,8H2,1-7H3. The molecule has 0 saturated heterocycles. The van der Waals surface area contributed by atoms with Gasteiger partial charge in [0.1, 0.15) is 18.6 Å². The smallest absolute Gasteiger partial charge is 0.223 e. The van der Waals surface area contributed by atoms with Gasteiger partial charge in [0.2, 0.25) is 5.88 Å². The lowest BCUT2D eigenvalue weighted by Gasteiger charge is -2.17. The zero-order valence-electron chi connectivity index (χ0n) is 16.1. The zero-order chi connectivity index (χ0) is 18.6. The van der Waals surface area contributed by atoms with E-state index in [0.717, 1.165) is 51.6 Å². The third-order valence-corrected chi connectivity index (χ3v) is 4.07. The van der Waals surface area contributed by atoms with Crippen molar-refractivity contribution in [3.8, 4) is 17.4 Å². The summed E-state index contributed by atoms with van der Waals surface area (Å²) in [5.41, 5.74) is 5.69. The van der Waals surface area contributed by atoms with Gasteiger partial charge in [-0.2, -0.15) is 0 Å². The van der Waals surface area contributed by atoms with Gasteiger partial charge in [0, 0.05) is 16.8 Å². The highest BCUT2D eigenvalue weighted by atomic mass is 16.6. The van der Waals surface area contributed by atoms with Gasteiger partial charge in [-0.05, 0) is 63.4 Å². The highest BCUT2D eigenvalue weighted by Crippen LogP contribution is 2.34. The summed E-state index contributed by atoms with van der Waals surface area (Å²) in [6, 6.07) is 5.92. The topological polar surface area (TPSA) is 52.9 Å². The first-order valence-electron chi connectivity index (χ1n) is 8.32. The first kappa shape index (κ1) is 18.8. The Morgan fingerprint density at radius 3 is 2.20 bits per heavy atom. The molecule has 0 fully saturated rings. The van der Waals surface area contributed by atoms with E-state index in [1.165, 1.54) is 0 Å². The van der Waals surface area contributed by atoms with Gasteiger partial charge in [-0.3, -0.25) is 0 Å². The van der Waals surface area contributed by atoms with E-state index < -0.39 is 0 Å². The maximum absolute atomic E-state index is 6.20. The summed E-state index contributed by atoms with van der Waals surface area (Å²) < 4.78 is 11.5. The molecule has 5 nitrogen and oxygen atoms in total. The molecular formula is C20H26N2O3. The number of hydrogen-bond acceptors (Lipinski definition) is 5. The van der Waals surface area contributed by atoms with Crippen molar-refractivity contribution in [2.75, 3.05) is 14.2 Å². The SMILES string of the molecule is CCC(=NOC)c1cc(C)nc(Oc2c(C)cc(OC)cc2C)c1C. The summed E-state index contributed by atoms with van der Waals surface area (Å²) in [4.78, 5) is 9.56. The van der Waals surface area contributed by atoms with E-state index in [1.807, 2.05) is 52.8 Å². The lowest BCUT2D eigenvalue weighted by Crippen LogP contribution is -2.07. The van der Waals surface area contributed by atoms with Crippen molar-refractivity contribution in [3.63, 3.8) is 0 Å². The van der Waals surface area contributed by atoms with Crippen molar-refractivity contribution >= 4 is 5.71 Å². The van der Waals surface area contributed by atoms with Gasteiger partial charge < -0.3 is 14.3 Å². The molecule has 0 aliphatic heterocycles. The predicted octanol–water partition coefficient (Wildman–Crippen LogP) is 4.88. The number of aryl methyl sites for hydroxylation is 3. The quantitative estimate of drug-likeness (QED) is 0.555. The molecular weight excluding hydrogens is 316 g/mol. The van der Waals surface area contributed by atoms with Crippen LogP contribution >= 0.6 is 0 Å². The van der Waals surface area contributed by atoms with Crippen molar-refractivity contribution in [3.05, 3.63) is 46.1 Å².